The van der Waals surface area contributed by atoms with Gasteiger partial charge in [-0.1, -0.05) is 10.4 Å². The molecular weight excluding hydrogens is 651 g/mol. The number of thioether (sulfide) groups is 1. The summed E-state index contributed by atoms with van der Waals surface area (Å²) in [5.74, 6) is -3.80. The summed E-state index contributed by atoms with van der Waals surface area (Å²) in [6, 6.07) is -0.137. The van der Waals surface area contributed by atoms with E-state index in [2.05, 4.69) is 30.6 Å². The number of hydrogen-bond donors (Lipinski definition) is 4. The number of halogens is 3. The number of nitrogen functional groups attached to an aromatic ring is 1. The van der Waals surface area contributed by atoms with Crippen molar-refractivity contribution in [2.24, 2.45) is 0 Å². The van der Waals surface area contributed by atoms with Crippen molar-refractivity contribution in [3.8, 4) is 28.5 Å². The monoisotopic (exact) mass is 681 g/mol. The van der Waals surface area contributed by atoms with E-state index in [0.717, 1.165) is 23.9 Å². The van der Waals surface area contributed by atoms with Gasteiger partial charge < -0.3 is 40.0 Å². The lowest BCUT2D eigenvalue weighted by Gasteiger charge is -2.45. The fourth-order valence-corrected chi connectivity index (χ4v) is 6.96. The zero-order valence-electron chi connectivity index (χ0n) is 24.8. The summed E-state index contributed by atoms with van der Waals surface area (Å²) in [6.07, 6.45) is -0.168. The van der Waals surface area contributed by atoms with Crippen molar-refractivity contribution in [2.75, 3.05) is 39.8 Å². The van der Waals surface area contributed by atoms with Crippen LogP contribution in [0.25, 0.3) is 22.8 Å². The van der Waals surface area contributed by atoms with Crippen LogP contribution in [0.1, 0.15) is 12.1 Å². The highest BCUT2D eigenvalue weighted by atomic mass is 32.2. The molecular formula is C27H30F3N9O7S. The van der Waals surface area contributed by atoms with Gasteiger partial charge in [0.1, 0.15) is 47.2 Å². The van der Waals surface area contributed by atoms with E-state index in [1.807, 2.05) is 0 Å². The number of rotatable bonds is 9. The number of ether oxygens (including phenoxy) is 4. The molecule has 2 aliphatic rings. The predicted molar refractivity (Wildman–Crippen MR) is 156 cm³/mol. The Morgan fingerprint density at radius 2 is 1.72 bits per heavy atom. The minimum atomic E-state index is -1.62. The number of aromatic nitrogens is 8. The van der Waals surface area contributed by atoms with Gasteiger partial charge >= 0.3 is 0 Å². The molecule has 0 radical (unpaired) electrons. The SMILES string of the molecule is COc1cnc(-c2cn([C@H]3COC[C@@H](S[C@@H]4O[C@H](CO)[C@H](O)[C@H](n5cc(-c6cc(F)c(F)c(F)c6)nn5)[C@H]4OC)[C@@H]3O)nn2)nc1N. The first-order chi connectivity index (χ1) is 22.6. The van der Waals surface area contributed by atoms with Gasteiger partial charge in [-0.2, -0.15) is 0 Å². The molecule has 16 nitrogen and oxygen atoms in total. The zero-order chi connectivity index (χ0) is 33.4. The summed E-state index contributed by atoms with van der Waals surface area (Å²) in [7, 11) is 2.82. The molecule has 2 fully saturated rings. The van der Waals surface area contributed by atoms with Gasteiger partial charge in [-0.25, -0.2) is 32.5 Å². The van der Waals surface area contributed by atoms with Crippen LogP contribution in [0, 0.1) is 17.5 Å². The Hall–Kier alpha value is -3.92. The van der Waals surface area contributed by atoms with E-state index >= 15 is 0 Å². The summed E-state index contributed by atoms with van der Waals surface area (Å²) in [5, 5.41) is 48.3. The van der Waals surface area contributed by atoms with E-state index in [0.29, 0.717) is 11.4 Å². The topological polar surface area (TPSA) is 211 Å². The molecule has 8 atom stereocenters. The molecule has 0 aliphatic carbocycles. The third kappa shape index (κ3) is 6.36. The predicted octanol–water partition coefficient (Wildman–Crippen LogP) is 0.370. The number of anilines is 1. The second-order valence-corrected chi connectivity index (χ2v) is 12.1. The fourth-order valence-electron chi connectivity index (χ4n) is 5.46. The van der Waals surface area contributed by atoms with Gasteiger partial charge in [0.15, 0.2) is 34.8 Å². The standard InChI is InChI=1S/C27H30F3N9O7S/c1-43-17-5-32-26(33-25(17)31)15-7-38(36-35-15)16-9-45-10-19(22(16)41)47-27-24(44-2)21(23(42)18(8-40)46-27)39-6-14(34-37-39)11-3-12(28)20(30)13(29)4-11/h3-7,16,18-19,21-24,27,40-42H,8-10H2,1-2H3,(H2,31,32,33)/t16-,18+,19+,21-,22+,23-,24+,27-/m0/s1. The molecule has 6 rings (SSSR count). The fraction of sp³-hybridized carbons (Fsp3) is 0.481. The molecule has 5 N–H and O–H groups in total. The van der Waals surface area contributed by atoms with Crippen LogP contribution in [0.5, 0.6) is 5.75 Å². The summed E-state index contributed by atoms with van der Waals surface area (Å²) >= 11 is 1.15. The third-order valence-electron chi connectivity index (χ3n) is 7.93. The van der Waals surface area contributed by atoms with Crippen LogP contribution in [0.15, 0.2) is 30.7 Å². The molecule has 5 heterocycles. The molecule has 252 valence electrons. The van der Waals surface area contributed by atoms with Gasteiger partial charge in [-0.15, -0.1) is 22.0 Å². The van der Waals surface area contributed by atoms with Gasteiger partial charge in [0, 0.05) is 12.7 Å². The lowest BCUT2D eigenvalue weighted by Crippen LogP contribution is -2.56. The number of nitrogens with zero attached hydrogens (tertiary/aromatic N) is 8. The molecule has 20 heteroatoms. The van der Waals surface area contributed by atoms with Crippen LogP contribution < -0.4 is 10.5 Å². The van der Waals surface area contributed by atoms with Gasteiger partial charge in [0.25, 0.3) is 0 Å². The first-order valence-corrected chi connectivity index (χ1v) is 15.1. The van der Waals surface area contributed by atoms with Crippen LogP contribution in [0.3, 0.4) is 0 Å². The van der Waals surface area contributed by atoms with Crippen LogP contribution >= 0.6 is 11.8 Å². The summed E-state index contributed by atoms with van der Waals surface area (Å²) in [6.45, 7) is -0.351. The number of hydrogen-bond acceptors (Lipinski definition) is 15. The van der Waals surface area contributed by atoms with Crippen molar-refractivity contribution < 1.29 is 47.4 Å². The lowest BCUT2D eigenvalue weighted by atomic mass is 9.97. The van der Waals surface area contributed by atoms with Gasteiger partial charge in [0.05, 0.1) is 56.9 Å². The second kappa shape index (κ2) is 13.7. The highest BCUT2D eigenvalue weighted by Crippen LogP contribution is 2.41. The number of nitrogens with two attached hydrogens (primary N) is 1. The van der Waals surface area contributed by atoms with E-state index in [-0.39, 0.29) is 36.1 Å². The number of benzene rings is 1. The minimum absolute atomic E-state index is 0.00466. The van der Waals surface area contributed by atoms with Crippen molar-refractivity contribution in [1.29, 1.82) is 0 Å². The molecule has 2 aliphatic heterocycles. The molecule has 0 bridgehead atoms. The molecule has 3 aromatic heterocycles. The van der Waals surface area contributed by atoms with E-state index in [9.17, 15) is 28.5 Å². The summed E-state index contributed by atoms with van der Waals surface area (Å²) in [4.78, 5) is 8.37. The molecule has 47 heavy (non-hydrogen) atoms. The highest BCUT2D eigenvalue weighted by molar-refractivity contribution is 8.00. The van der Waals surface area contributed by atoms with Crippen molar-refractivity contribution in [1.82, 2.24) is 40.0 Å². The van der Waals surface area contributed by atoms with Crippen molar-refractivity contribution in [3.05, 3.63) is 48.2 Å². The van der Waals surface area contributed by atoms with Gasteiger partial charge in [-0.05, 0) is 12.1 Å². The Morgan fingerprint density at radius 1 is 1.02 bits per heavy atom. The number of aliphatic hydroxyl groups excluding tert-OH is 3. The first kappa shape index (κ1) is 33.0. The second-order valence-electron chi connectivity index (χ2n) is 10.7. The van der Waals surface area contributed by atoms with E-state index in [4.69, 9.17) is 24.7 Å². The Balaban J connectivity index is 1.22. The normalized spacial score (nSPS) is 28.0. The van der Waals surface area contributed by atoms with E-state index < -0.39 is 71.2 Å². The average Bonchev–Trinajstić information content (AvgIpc) is 3.76. The van der Waals surface area contributed by atoms with Gasteiger partial charge in [-0.3, -0.25) is 0 Å². The third-order valence-corrected chi connectivity index (χ3v) is 9.34. The molecule has 1 aromatic carbocycles. The maximum Gasteiger partial charge on any atom is 0.194 e. The summed E-state index contributed by atoms with van der Waals surface area (Å²) in [5.41, 5.74) is 5.22. The smallest absolute Gasteiger partial charge is 0.194 e. The van der Waals surface area contributed by atoms with Crippen LogP contribution in [-0.2, 0) is 14.2 Å². The Morgan fingerprint density at radius 3 is 2.40 bits per heavy atom. The van der Waals surface area contributed by atoms with Gasteiger partial charge in [0.2, 0.25) is 0 Å². The average molecular weight is 682 g/mol. The van der Waals surface area contributed by atoms with Crippen molar-refractivity contribution >= 4 is 17.6 Å². The maximum absolute atomic E-state index is 13.9. The molecule has 4 aromatic rings. The van der Waals surface area contributed by atoms with E-state index in [1.165, 1.54) is 36.0 Å². The van der Waals surface area contributed by atoms with Crippen molar-refractivity contribution in [3.63, 3.8) is 0 Å². The number of aliphatic hydroxyl groups is 3. The maximum atomic E-state index is 13.9. The van der Waals surface area contributed by atoms with Crippen molar-refractivity contribution in [2.45, 2.75) is 47.2 Å². The Bertz CT molecular complexity index is 1690. The minimum Gasteiger partial charge on any atom is -0.491 e. The van der Waals surface area contributed by atoms with Crippen LogP contribution in [0.4, 0.5) is 19.0 Å². The molecule has 0 unspecified atom stereocenters. The Labute approximate surface area is 268 Å². The summed E-state index contributed by atoms with van der Waals surface area (Å²) < 4.78 is 66.6. The zero-order valence-corrected chi connectivity index (χ0v) is 25.6. The Kier molecular flexibility index (Phi) is 9.60. The molecule has 0 spiro atoms. The molecule has 0 amide bonds. The molecule has 2 saturated heterocycles. The number of methoxy groups -OCH3 is 2. The highest BCUT2D eigenvalue weighted by Gasteiger charge is 2.49. The lowest BCUT2D eigenvalue weighted by molar-refractivity contribution is -0.186. The first-order valence-electron chi connectivity index (χ1n) is 14.2. The van der Waals surface area contributed by atoms with Crippen LogP contribution in [0.2, 0.25) is 0 Å². The largest absolute Gasteiger partial charge is 0.491 e. The quantitative estimate of drug-likeness (QED) is 0.176. The van der Waals surface area contributed by atoms with E-state index in [1.54, 1.807) is 6.20 Å². The molecule has 0 saturated carbocycles. The van der Waals surface area contributed by atoms with Crippen LogP contribution in [-0.4, -0.2) is 124 Å².